The van der Waals surface area contributed by atoms with Gasteiger partial charge in [0.05, 0.1) is 17.4 Å². The molecule has 0 aromatic heterocycles. The molecule has 0 amide bonds. The molecule has 0 aliphatic carbocycles. The third-order valence-corrected chi connectivity index (χ3v) is 6.07. The first kappa shape index (κ1) is 19.0. The van der Waals surface area contributed by atoms with E-state index in [1.807, 2.05) is 0 Å². The molecule has 1 heterocycles. The normalized spacial score (nSPS) is 23.7. The molecule has 5 nitrogen and oxygen atoms in total. The maximum atomic E-state index is 13.0. The number of hydrogen-bond donors (Lipinski definition) is 1. The van der Waals surface area contributed by atoms with E-state index >= 15 is 0 Å². The molecule has 0 radical (unpaired) electrons. The summed E-state index contributed by atoms with van der Waals surface area (Å²) in [5, 5.41) is 10.6. The van der Waals surface area contributed by atoms with Crippen LogP contribution in [0, 0.1) is 0 Å². The van der Waals surface area contributed by atoms with Crippen molar-refractivity contribution in [3.63, 3.8) is 0 Å². The molecule has 1 aliphatic heterocycles. The van der Waals surface area contributed by atoms with Crippen molar-refractivity contribution in [1.82, 2.24) is 4.31 Å². The minimum absolute atomic E-state index is 0.00354. The number of sulfonamides is 1. The highest BCUT2D eigenvalue weighted by Crippen LogP contribution is 2.45. The van der Waals surface area contributed by atoms with Crippen LogP contribution in [-0.2, 0) is 16.2 Å². The number of benzene rings is 1. The van der Waals surface area contributed by atoms with Crippen LogP contribution < -0.4 is 4.74 Å². The first-order valence-electron chi connectivity index (χ1n) is 7.35. The van der Waals surface area contributed by atoms with E-state index in [9.17, 15) is 26.7 Å². The molecule has 24 heavy (non-hydrogen) atoms. The lowest BCUT2D eigenvalue weighted by Gasteiger charge is -2.44. The lowest BCUT2D eigenvalue weighted by atomic mass is 9.86. The zero-order valence-electron chi connectivity index (χ0n) is 13.8. The van der Waals surface area contributed by atoms with Crippen molar-refractivity contribution in [2.75, 3.05) is 12.8 Å². The van der Waals surface area contributed by atoms with Gasteiger partial charge in [-0.15, -0.1) is 0 Å². The molecular weight excluding hydrogens is 347 g/mol. The number of aliphatic hydroxyl groups is 1. The molecule has 1 N–H and O–H groups in total. The molecule has 136 valence electrons. The van der Waals surface area contributed by atoms with E-state index in [1.54, 1.807) is 13.8 Å². The Balaban J connectivity index is 2.66. The molecule has 0 unspecified atom stereocenters. The Hall–Kier alpha value is -1.32. The quantitative estimate of drug-likeness (QED) is 0.892. The lowest BCUT2D eigenvalue weighted by molar-refractivity contribution is -0.138. The van der Waals surface area contributed by atoms with Crippen LogP contribution in [0.25, 0.3) is 0 Å². The van der Waals surface area contributed by atoms with Gasteiger partial charge in [0.25, 0.3) is 0 Å². The maximum Gasteiger partial charge on any atom is 0.416 e. The summed E-state index contributed by atoms with van der Waals surface area (Å²) in [4.78, 5) is 0. The first-order chi connectivity index (χ1) is 10.8. The molecule has 0 saturated heterocycles. The number of hydrogen-bond acceptors (Lipinski definition) is 4. The van der Waals surface area contributed by atoms with Gasteiger partial charge >= 0.3 is 6.18 Å². The molecule has 1 aliphatic rings. The van der Waals surface area contributed by atoms with E-state index in [0.717, 1.165) is 22.5 Å². The van der Waals surface area contributed by atoms with Gasteiger partial charge in [0, 0.05) is 12.6 Å². The van der Waals surface area contributed by atoms with Crippen molar-refractivity contribution in [1.29, 1.82) is 0 Å². The lowest BCUT2D eigenvalue weighted by Crippen LogP contribution is -2.54. The molecule has 1 aromatic rings. The molecule has 0 fully saturated rings. The number of aliphatic hydroxyl groups excluding tert-OH is 1. The largest absolute Gasteiger partial charge is 0.485 e. The van der Waals surface area contributed by atoms with Crippen LogP contribution in [0.4, 0.5) is 13.2 Å². The van der Waals surface area contributed by atoms with Crippen LogP contribution in [-0.4, -0.2) is 42.3 Å². The molecule has 1 aromatic carbocycles. The average molecular weight is 367 g/mol. The zero-order chi connectivity index (χ0) is 18.5. The van der Waals surface area contributed by atoms with E-state index in [0.29, 0.717) is 0 Å². The van der Waals surface area contributed by atoms with Crippen molar-refractivity contribution < 1.29 is 31.4 Å². The fraction of sp³-hybridized carbons (Fsp3) is 0.600. The number of ether oxygens (including phenoxy) is 1. The predicted octanol–water partition coefficient (Wildman–Crippen LogP) is 2.56. The van der Waals surface area contributed by atoms with Crippen LogP contribution in [0.3, 0.4) is 0 Å². The second-order valence-electron chi connectivity index (χ2n) is 6.26. The van der Waals surface area contributed by atoms with Gasteiger partial charge in [-0.2, -0.15) is 17.5 Å². The van der Waals surface area contributed by atoms with E-state index in [-0.39, 0.29) is 17.1 Å². The van der Waals surface area contributed by atoms with Gasteiger partial charge in [0.2, 0.25) is 10.0 Å². The van der Waals surface area contributed by atoms with Crippen LogP contribution in [0.2, 0.25) is 0 Å². The molecule has 0 bridgehead atoms. The number of alkyl halides is 3. The van der Waals surface area contributed by atoms with Crippen molar-refractivity contribution in [3.05, 3.63) is 29.3 Å². The smallest absolute Gasteiger partial charge is 0.416 e. The van der Waals surface area contributed by atoms with Gasteiger partial charge in [-0.25, -0.2) is 8.42 Å². The summed E-state index contributed by atoms with van der Waals surface area (Å²) >= 11 is 0. The van der Waals surface area contributed by atoms with E-state index < -0.39 is 39.5 Å². The third kappa shape index (κ3) is 3.25. The van der Waals surface area contributed by atoms with Crippen LogP contribution in [0.15, 0.2) is 18.2 Å². The van der Waals surface area contributed by atoms with Crippen LogP contribution in [0.5, 0.6) is 5.75 Å². The van der Waals surface area contributed by atoms with Crippen LogP contribution >= 0.6 is 0 Å². The van der Waals surface area contributed by atoms with Crippen molar-refractivity contribution in [2.45, 2.75) is 44.7 Å². The summed E-state index contributed by atoms with van der Waals surface area (Å²) in [6.45, 7) is 4.53. The molecule has 2 rings (SSSR count). The molecule has 2 atom stereocenters. The first-order valence-corrected chi connectivity index (χ1v) is 8.96. The Labute approximate surface area is 139 Å². The van der Waals surface area contributed by atoms with Crippen molar-refractivity contribution in [3.8, 4) is 5.75 Å². The van der Waals surface area contributed by atoms with E-state index in [4.69, 9.17) is 4.74 Å². The highest BCUT2D eigenvalue weighted by Gasteiger charge is 2.47. The Kier molecular flexibility index (Phi) is 4.66. The molecule has 0 spiro atoms. The number of likely N-dealkylation sites (N-methyl/N-ethyl adjacent to an activating group) is 1. The molecule has 0 saturated carbocycles. The minimum Gasteiger partial charge on any atom is -0.485 e. The Morgan fingerprint density at radius 2 is 1.92 bits per heavy atom. The highest BCUT2D eigenvalue weighted by molar-refractivity contribution is 7.89. The summed E-state index contributed by atoms with van der Waals surface area (Å²) in [7, 11) is -2.49. The van der Waals surface area contributed by atoms with Crippen molar-refractivity contribution >= 4 is 10.0 Å². The summed E-state index contributed by atoms with van der Waals surface area (Å²) in [6.07, 6.45) is -5.92. The van der Waals surface area contributed by atoms with Gasteiger partial charge in [-0.05, 0) is 39.0 Å². The zero-order valence-corrected chi connectivity index (χ0v) is 14.6. The minimum atomic E-state index is -4.58. The fourth-order valence-electron chi connectivity index (χ4n) is 2.71. The van der Waals surface area contributed by atoms with E-state index in [2.05, 4.69) is 0 Å². The van der Waals surface area contributed by atoms with Crippen LogP contribution in [0.1, 0.15) is 37.9 Å². The number of nitrogens with zero attached hydrogens (tertiary/aromatic N) is 1. The Morgan fingerprint density at radius 1 is 1.33 bits per heavy atom. The Morgan fingerprint density at radius 3 is 2.42 bits per heavy atom. The second-order valence-corrected chi connectivity index (χ2v) is 8.58. The topological polar surface area (TPSA) is 66.8 Å². The van der Waals surface area contributed by atoms with Gasteiger partial charge < -0.3 is 9.84 Å². The fourth-order valence-corrected chi connectivity index (χ4v) is 3.70. The summed E-state index contributed by atoms with van der Waals surface area (Å²) in [5.41, 5.74) is -2.09. The average Bonchev–Trinajstić information content (AvgIpc) is 2.46. The van der Waals surface area contributed by atoms with Gasteiger partial charge in [-0.1, -0.05) is 0 Å². The van der Waals surface area contributed by atoms with Gasteiger partial charge in [0.15, 0.2) is 0 Å². The third-order valence-electron chi connectivity index (χ3n) is 4.24. The summed E-state index contributed by atoms with van der Waals surface area (Å²) in [6, 6.07) is 1.69. The molecular formula is C15H20F3NO4S. The predicted molar refractivity (Wildman–Crippen MR) is 82.1 cm³/mol. The monoisotopic (exact) mass is 367 g/mol. The second kappa shape index (κ2) is 5.89. The SMILES string of the molecule is CCS(=O)(=O)N(C)[C@H]1c2cc(C(F)(F)F)ccc2OC(C)(C)[C@@H]1O. The van der Waals surface area contributed by atoms with Crippen molar-refractivity contribution in [2.24, 2.45) is 0 Å². The highest BCUT2D eigenvalue weighted by atomic mass is 32.2. The standard InChI is InChI=1S/C15H20F3NO4S/c1-5-24(21,22)19(4)12-10-8-9(15(16,17)18)6-7-11(10)23-14(2,3)13(12)20/h6-8,12-13,20H,5H2,1-4H3/t12-,13+/m0/s1. The van der Waals surface area contributed by atoms with Gasteiger partial charge in [-0.3, -0.25) is 0 Å². The summed E-state index contributed by atoms with van der Waals surface area (Å²) in [5.74, 6) is -0.107. The maximum absolute atomic E-state index is 13.0. The number of fused-ring (bicyclic) bond motifs is 1. The van der Waals surface area contributed by atoms with E-state index in [1.165, 1.54) is 14.0 Å². The number of rotatable bonds is 3. The Bertz CT molecular complexity index is 731. The number of halogens is 3. The molecule has 9 heteroatoms. The van der Waals surface area contributed by atoms with Gasteiger partial charge in [0.1, 0.15) is 17.5 Å². The summed E-state index contributed by atoms with van der Waals surface area (Å²) < 4.78 is 69.9.